The van der Waals surface area contributed by atoms with Gasteiger partial charge in [0.1, 0.15) is 5.75 Å². The first-order chi connectivity index (χ1) is 16.7. The summed E-state index contributed by atoms with van der Waals surface area (Å²) in [6.45, 7) is 5.11. The number of amides is 1. The van der Waals surface area contributed by atoms with Gasteiger partial charge in [0.15, 0.2) is 16.6 Å². The zero-order valence-corrected chi connectivity index (χ0v) is 19.9. The number of nitrogens with zero attached hydrogens (tertiary/aromatic N) is 3. The van der Waals surface area contributed by atoms with Gasteiger partial charge in [-0.2, -0.15) is 0 Å². The molecule has 5 rings (SSSR count). The van der Waals surface area contributed by atoms with Gasteiger partial charge in [-0.1, -0.05) is 17.4 Å². The average molecular weight is 482 g/mol. The number of carbonyl (C=O) groups excluding carboxylic acids is 1. The summed E-state index contributed by atoms with van der Waals surface area (Å²) in [5.74, 6) is 2.05. The van der Waals surface area contributed by atoms with Crippen molar-refractivity contribution < 1.29 is 23.7 Å². The summed E-state index contributed by atoms with van der Waals surface area (Å²) in [5, 5.41) is 0.686. The number of methoxy groups -OCH3 is 1. The Balaban J connectivity index is 1.34. The molecule has 0 saturated carbocycles. The van der Waals surface area contributed by atoms with Crippen LogP contribution in [0.25, 0.3) is 16.3 Å². The summed E-state index contributed by atoms with van der Waals surface area (Å²) in [4.78, 5) is 22.2. The van der Waals surface area contributed by atoms with Gasteiger partial charge in [0, 0.05) is 38.3 Å². The second-order valence-electron chi connectivity index (χ2n) is 8.07. The van der Waals surface area contributed by atoms with Gasteiger partial charge in [0.25, 0.3) is 5.91 Å². The molecule has 1 fully saturated rings. The van der Waals surface area contributed by atoms with Crippen molar-refractivity contribution >= 4 is 38.7 Å². The normalized spacial score (nSPS) is 15.8. The zero-order valence-electron chi connectivity index (χ0n) is 19.1. The van der Waals surface area contributed by atoms with E-state index in [1.807, 2.05) is 36.4 Å². The SMILES string of the molecule is COc1ccc2sc(N(CCCN3CCOCC3)C(=O)/C=C/c3ccc4c(c3)OCO4)nc2c1. The van der Waals surface area contributed by atoms with Gasteiger partial charge in [-0.05, 0) is 42.3 Å². The van der Waals surface area contributed by atoms with Crippen molar-refractivity contribution in [2.24, 2.45) is 0 Å². The molecule has 2 aliphatic heterocycles. The number of ether oxygens (including phenoxy) is 4. The number of carbonyl (C=O) groups is 1. The average Bonchev–Trinajstić information content (AvgIpc) is 3.51. The Morgan fingerprint density at radius 1 is 1.18 bits per heavy atom. The molecule has 1 amide bonds. The molecule has 0 aliphatic carbocycles. The van der Waals surface area contributed by atoms with E-state index >= 15 is 0 Å². The van der Waals surface area contributed by atoms with Crippen molar-refractivity contribution in [3.8, 4) is 17.2 Å². The summed E-state index contributed by atoms with van der Waals surface area (Å²) in [6.07, 6.45) is 4.25. The number of thiazole rings is 1. The number of benzene rings is 2. The van der Waals surface area contributed by atoms with E-state index in [2.05, 4.69) is 4.90 Å². The van der Waals surface area contributed by atoms with Gasteiger partial charge in [0.05, 0.1) is 30.5 Å². The smallest absolute Gasteiger partial charge is 0.252 e. The number of morpholine rings is 1. The fraction of sp³-hybridized carbons (Fsp3) is 0.360. The first kappa shape index (κ1) is 22.6. The van der Waals surface area contributed by atoms with Crippen molar-refractivity contribution in [3.05, 3.63) is 48.0 Å². The second kappa shape index (κ2) is 10.4. The minimum absolute atomic E-state index is 0.106. The maximum Gasteiger partial charge on any atom is 0.252 e. The fourth-order valence-corrected chi connectivity index (χ4v) is 4.97. The minimum Gasteiger partial charge on any atom is -0.497 e. The van der Waals surface area contributed by atoms with Crippen molar-refractivity contribution in [2.75, 3.05) is 58.2 Å². The molecule has 2 aromatic carbocycles. The number of hydrogen-bond acceptors (Lipinski definition) is 8. The van der Waals surface area contributed by atoms with Crippen LogP contribution in [0.2, 0.25) is 0 Å². The quantitative estimate of drug-likeness (QED) is 0.453. The molecule has 0 unspecified atom stereocenters. The highest BCUT2D eigenvalue weighted by molar-refractivity contribution is 7.22. The van der Waals surface area contributed by atoms with E-state index < -0.39 is 0 Å². The lowest BCUT2D eigenvalue weighted by atomic mass is 10.2. The van der Waals surface area contributed by atoms with E-state index in [1.165, 1.54) is 11.3 Å². The lowest BCUT2D eigenvalue weighted by Gasteiger charge is -2.27. The van der Waals surface area contributed by atoms with Crippen LogP contribution in [-0.4, -0.2) is 69.1 Å². The number of fused-ring (bicyclic) bond motifs is 2. The lowest BCUT2D eigenvalue weighted by Crippen LogP contribution is -2.39. The largest absolute Gasteiger partial charge is 0.497 e. The molecule has 34 heavy (non-hydrogen) atoms. The molecule has 3 aromatic rings. The molecule has 0 spiro atoms. The molecule has 2 aliphatic rings. The Morgan fingerprint density at radius 2 is 2.03 bits per heavy atom. The Bertz CT molecular complexity index is 1190. The third-order valence-corrected chi connectivity index (χ3v) is 6.91. The fourth-order valence-electron chi connectivity index (χ4n) is 3.99. The van der Waals surface area contributed by atoms with E-state index in [0.717, 1.165) is 66.5 Å². The topological polar surface area (TPSA) is 73.4 Å². The number of aromatic nitrogens is 1. The van der Waals surface area contributed by atoms with E-state index in [1.54, 1.807) is 24.2 Å². The third kappa shape index (κ3) is 5.16. The van der Waals surface area contributed by atoms with E-state index in [-0.39, 0.29) is 12.7 Å². The summed E-state index contributed by atoms with van der Waals surface area (Å²) >= 11 is 1.51. The number of rotatable bonds is 8. The predicted octanol–water partition coefficient (Wildman–Crippen LogP) is 3.80. The Hall–Kier alpha value is -3.14. The molecule has 1 aromatic heterocycles. The van der Waals surface area contributed by atoms with Crippen molar-refractivity contribution in [3.63, 3.8) is 0 Å². The van der Waals surface area contributed by atoms with Gasteiger partial charge < -0.3 is 18.9 Å². The van der Waals surface area contributed by atoms with Crippen LogP contribution in [-0.2, 0) is 9.53 Å². The van der Waals surface area contributed by atoms with Crippen LogP contribution in [0.15, 0.2) is 42.5 Å². The molecular formula is C25H27N3O5S. The zero-order chi connectivity index (χ0) is 23.3. The highest BCUT2D eigenvalue weighted by atomic mass is 32.1. The first-order valence-corrected chi connectivity index (χ1v) is 12.2. The van der Waals surface area contributed by atoms with Crippen LogP contribution in [0, 0.1) is 0 Å². The van der Waals surface area contributed by atoms with E-state index in [9.17, 15) is 4.79 Å². The second-order valence-corrected chi connectivity index (χ2v) is 9.08. The van der Waals surface area contributed by atoms with Gasteiger partial charge >= 0.3 is 0 Å². The monoisotopic (exact) mass is 481 g/mol. The Kier molecular flexibility index (Phi) is 6.94. The van der Waals surface area contributed by atoms with E-state index in [4.69, 9.17) is 23.9 Å². The van der Waals surface area contributed by atoms with Crippen LogP contribution in [0.3, 0.4) is 0 Å². The van der Waals surface area contributed by atoms with Crippen LogP contribution in [0.1, 0.15) is 12.0 Å². The third-order valence-electron chi connectivity index (χ3n) is 5.86. The summed E-state index contributed by atoms with van der Waals surface area (Å²) in [6, 6.07) is 11.4. The summed E-state index contributed by atoms with van der Waals surface area (Å²) < 4.78 is 22.6. The summed E-state index contributed by atoms with van der Waals surface area (Å²) in [7, 11) is 1.64. The van der Waals surface area contributed by atoms with Gasteiger partial charge in [-0.3, -0.25) is 14.6 Å². The van der Waals surface area contributed by atoms with Crippen molar-refractivity contribution in [1.82, 2.24) is 9.88 Å². The standard InChI is InChI=1S/C25H27N3O5S/c1-30-19-5-7-23-20(16-19)26-25(34-23)28(10-2-9-27-11-13-31-14-12-27)24(29)8-4-18-3-6-21-22(15-18)33-17-32-21/h3-8,15-16H,2,9-14,17H2,1H3/b8-4+. The first-order valence-electron chi connectivity index (χ1n) is 11.3. The molecule has 1 saturated heterocycles. The Morgan fingerprint density at radius 3 is 2.88 bits per heavy atom. The molecule has 178 valence electrons. The lowest BCUT2D eigenvalue weighted by molar-refractivity contribution is -0.114. The molecule has 9 heteroatoms. The van der Waals surface area contributed by atoms with Crippen LogP contribution in [0.5, 0.6) is 17.2 Å². The van der Waals surface area contributed by atoms with Gasteiger partial charge in [-0.25, -0.2) is 4.98 Å². The molecule has 8 nitrogen and oxygen atoms in total. The molecule has 0 bridgehead atoms. The van der Waals surface area contributed by atoms with Crippen LogP contribution in [0.4, 0.5) is 5.13 Å². The number of anilines is 1. The maximum absolute atomic E-state index is 13.3. The Labute approximate surface area is 202 Å². The van der Waals surface area contributed by atoms with Gasteiger partial charge in [-0.15, -0.1) is 0 Å². The molecule has 0 N–H and O–H groups in total. The number of hydrogen-bond donors (Lipinski definition) is 0. The van der Waals surface area contributed by atoms with E-state index in [0.29, 0.717) is 17.4 Å². The summed E-state index contributed by atoms with van der Waals surface area (Å²) in [5.41, 5.74) is 1.70. The van der Waals surface area contributed by atoms with Crippen molar-refractivity contribution in [1.29, 1.82) is 0 Å². The van der Waals surface area contributed by atoms with Gasteiger partial charge in [0.2, 0.25) is 6.79 Å². The molecule has 0 radical (unpaired) electrons. The van der Waals surface area contributed by atoms with Crippen LogP contribution >= 0.6 is 11.3 Å². The highest BCUT2D eigenvalue weighted by Gasteiger charge is 2.19. The predicted molar refractivity (Wildman–Crippen MR) is 132 cm³/mol. The highest BCUT2D eigenvalue weighted by Crippen LogP contribution is 2.33. The van der Waals surface area contributed by atoms with Crippen LogP contribution < -0.4 is 19.1 Å². The maximum atomic E-state index is 13.3. The molecular weight excluding hydrogens is 454 g/mol. The molecule has 0 atom stereocenters. The van der Waals surface area contributed by atoms with Crippen molar-refractivity contribution in [2.45, 2.75) is 6.42 Å². The minimum atomic E-state index is -0.106. The molecule has 3 heterocycles.